The van der Waals surface area contributed by atoms with E-state index >= 15 is 0 Å². The first-order valence-corrected chi connectivity index (χ1v) is 3.67. The third-order valence-corrected chi connectivity index (χ3v) is 1.75. The summed E-state index contributed by atoms with van der Waals surface area (Å²) in [4.78, 5) is 16.4. The third-order valence-electron chi connectivity index (χ3n) is 0.674. The Morgan fingerprint density at radius 2 is 2.00 bits per heavy atom. The molecule has 0 bridgehead atoms. The Morgan fingerprint density at radius 3 is 2.00 bits per heavy atom. The fraction of sp³-hybridized carbons (Fsp3) is 1.00. The maximum atomic E-state index is 10.1. The SMILES string of the molecule is NC[C@H](N)P(=O)(O)O. The van der Waals surface area contributed by atoms with Gasteiger partial charge in [-0.1, -0.05) is 0 Å². The highest BCUT2D eigenvalue weighted by Gasteiger charge is 2.21. The van der Waals surface area contributed by atoms with Crippen molar-refractivity contribution in [3.63, 3.8) is 0 Å². The predicted molar refractivity (Wildman–Crippen MR) is 29.1 cm³/mol. The molecule has 0 aliphatic rings. The molecule has 0 saturated carbocycles. The van der Waals surface area contributed by atoms with Crippen LogP contribution in [0.4, 0.5) is 0 Å². The van der Waals surface area contributed by atoms with Crippen molar-refractivity contribution in [1.82, 2.24) is 0 Å². The zero-order valence-electron chi connectivity index (χ0n) is 4.19. The molecule has 0 fully saturated rings. The highest BCUT2D eigenvalue weighted by Crippen LogP contribution is 2.37. The van der Waals surface area contributed by atoms with Crippen molar-refractivity contribution in [2.24, 2.45) is 11.5 Å². The van der Waals surface area contributed by atoms with E-state index in [0.717, 1.165) is 0 Å². The van der Waals surface area contributed by atoms with Crippen LogP contribution >= 0.6 is 7.60 Å². The molecule has 5 nitrogen and oxygen atoms in total. The van der Waals surface area contributed by atoms with Gasteiger partial charge in [0.05, 0.1) is 0 Å². The molecule has 0 heterocycles. The van der Waals surface area contributed by atoms with Crippen LogP contribution in [0.25, 0.3) is 0 Å². The minimum absolute atomic E-state index is 0.190. The van der Waals surface area contributed by atoms with Gasteiger partial charge in [-0.15, -0.1) is 0 Å². The predicted octanol–water partition coefficient (Wildman–Crippen LogP) is -1.59. The summed E-state index contributed by atoms with van der Waals surface area (Å²) < 4.78 is 10.1. The molecule has 0 radical (unpaired) electrons. The standard InChI is InChI=1S/C2H9N2O3P/c3-1-2(4)8(5,6)7/h2H,1,3-4H2,(H2,5,6,7)/t2-/m1/s1. The van der Waals surface area contributed by atoms with Gasteiger partial charge in [-0.05, 0) is 0 Å². The van der Waals surface area contributed by atoms with E-state index in [2.05, 4.69) is 0 Å². The Morgan fingerprint density at radius 1 is 1.62 bits per heavy atom. The Balaban J connectivity index is 3.82. The van der Waals surface area contributed by atoms with E-state index < -0.39 is 13.4 Å². The van der Waals surface area contributed by atoms with Crippen LogP contribution in [-0.4, -0.2) is 22.1 Å². The first-order valence-electron chi connectivity index (χ1n) is 1.99. The van der Waals surface area contributed by atoms with Crippen LogP contribution in [0.15, 0.2) is 0 Å². The summed E-state index contributed by atoms with van der Waals surface area (Å²) in [7, 11) is -4.10. The molecule has 0 saturated heterocycles. The smallest absolute Gasteiger partial charge is 0.328 e. The van der Waals surface area contributed by atoms with Crippen LogP contribution in [0.2, 0.25) is 0 Å². The fourth-order valence-electron chi connectivity index (χ4n) is 0.137. The van der Waals surface area contributed by atoms with Gasteiger partial charge in [0.15, 0.2) is 0 Å². The molecule has 0 rings (SSSR count). The lowest BCUT2D eigenvalue weighted by Gasteiger charge is -2.08. The molecule has 1 atom stereocenters. The molecular formula is C2H9N2O3P. The Hall–Kier alpha value is 0.0700. The van der Waals surface area contributed by atoms with Gasteiger partial charge in [-0.3, -0.25) is 4.57 Å². The molecule has 8 heavy (non-hydrogen) atoms. The van der Waals surface area contributed by atoms with Gasteiger partial charge in [0.25, 0.3) is 0 Å². The van der Waals surface area contributed by atoms with E-state index in [1.165, 1.54) is 0 Å². The van der Waals surface area contributed by atoms with Gasteiger partial charge < -0.3 is 21.3 Å². The molecule has 0 aliphatic heterocycles. The molecule has 6 N–H and O–H groups in total. The molecule has 0 aliphatic carbocycles. The van der Waals surface area contributed by atoms with E-state index in [9.17, 15) is 4.57 Å². The molecule has 0 unspecified atom stereocenters. The van der Waals surface area contributed by atoms with Crippen LogP contribution in [0.5, 0.6) is 0 Å². The Kier molecular flexibility index (Phi) is 2.59. The van der Waals surface area contributed by atoms with Gasteiger partial charge in [0.1, 0.15) is 5.78 Å². The van der Waals surface area contributed by atoms with Gasteiger partial charge in [0.2, 0.25) is 0 Å². The van der Waals surface area contributed by atoms with E-state index in [1.54, 1.807) is 0 Å². The average Bonchev–Trinajstić information content (AvgIpc) is 1.62. The first kappa shape index (κ1) is 8.07. The van der Waals surface area contributed by atoms with Crippen molar-refractivity contribution < 1.29 is 14.4 Å². The summed E-state index contributed by atoms with van der Waals surface area (Å²) in [6, 6.07) is 0. The fourth-order valence-corrected chi connectivity index (χ4v) is 0.412. The largest absolute Gasteiger partial charge is 0.343 e. The first-order chi connectivity index (χ1) is 3.48. The van der Waals surface area contributed by atoms with Crippen LogP contribution in [0, 0.1) is 0 Å². The number of nitrogens with two attached hydrogens (primary N) is 2. The lowest BCUT2D eigenvalue weighted by molar-refractivity contribution is 0.359. The summed E-state index contributed by atoms with van der Waals surface area (Å²) in [5.74, 6) is -1.21. The van der Waals surface area contributed by atoms with Crippen LogP contribution in [0.1, 0.15) is 0 Å². The molecule has 0 spiro atoms. The molecule has 6 heteroatoms. The van der Waals surface area contributed by atoms with Gasteiger partial charge >= 0.3 is 7.60 Å². The summed E-state index contributed by atoms with van der Waals surface area (Å²) in [5.41, 5.74) is 9.70. The maximum Gasteiger partial charge on any atom is 0.343 e. The van der Waals surface area contributed by atoms with Gasteiger partial charge in [-0.2, -0.15) is 0 Å². The summed E-state index contributed by atoms with van der Waals surface area (Å²) in [6.07, 6.45) is 0. The second-order valence-corrected chi connectivity index (χ2v) is 3.23. The third kappa shape index (κ3) is 2.40. The zero-order chi connectivity index (χ0) is 6.78. The number of hydrogen-bond acceptors (Lipinski definition) is 3. The number of hydrogen-bond donors (Lipinski definition) is 4. The van der Waals surface area contributed by atoms with Crippen molar-refractivity contribution in [2.75, 3.05) is 6.54 Å². The average molecular weight is 140 g/mol. The molecule has 0 aromatic rings. The van der Waals surface area contributed by atoms with Crippen LogP contribution < -0.4 is 11.5 Å². The van der Waals surface area contributed by atoms with Crippen molar-refractivity contribution >= 4 is 7.60 Å². The summed E-state index contributed by atoms with van der Waals surface area (Å²) in [5, 5.41) is 0. The Labute approximate surface area is 46.8 Å². The minimum atomic E-state index is -4.10. The van der Waals surface area contributed by atoms with Crippen LogP contribution in [-0.2, 0) is 4.57 Å². The van der Waals surface area contributed by atoms with Crippen molar-refractivity contribution in [3.8, 4) is 0 Å². The highest BCUT2D eigenvalue weighted by atomic mass is 31.2. The minimum Gasteiger partial charge on any atom is -0.328 e. The summed E-state index contributed by atoms with van der Waals surface area (Å²) >= 11 is 0. The number of rotatable bonds is 2. The molecule has 0 aromatic heterocycles. The topological polar surface area (TPSA) is 110 Å². The lowest BCUT2D eigenvalue weighted by atomic mass is 10.7. The summed E-state index contributed by atoms with van der Waals surface area (Å²) in [6.45, 7) is -0.190. The molecular weight excluding hydrogens is 131 g/mol. The second kappa shape index (κ2) is 2.57. The quantitative estimate of drug-likeness (QED) is 0.345. The molecule has 50 valence electrons. The van der Waals surface area contributed by atoms with Crippen molar-refractivity contribution in [1.29, 1.82) is 0 Å². The van der Waals surface area contributed by atoms with Gasteiger partial charge in [0, 0.05) is 6.54 Å². The van der Waals surface area contributed by atoms with E-state index in [0.29, 0.717) is 0 Å². The molecule has 0 amide bonds. The second-order valence-electron chi connectivity index (χ2n) is 1.39. The highest BCUT2D eigenvalue weighted by molar-refractivity contribution is 7.52. The zero-order valence-corrected chi connectivity index (χ0v) is 5.08. The van der Waals surface area contributed by atoms with E-state index in [1.807, 2.05) is 0 Å². The van der Waals surface area contributed by atoms with Crippen molar-refractivity contribution in [2.45, 2.75) is 5.78 Å². The normalized spacial score (nSPS) is 16.0. The van der Waals surface area contributed by atoms with E-state index in [4.69, 9.17) is 21.3 Å². The Bertz CT molecular complexity index is 110. The van der Waals surface area contributed by atoms with E-state index in [-0.39, 0.29) is 6.54 Å². The maximum absolute atomic E-state index is 10.1. The molecule has 0 aromatic carbocycles. The lowest BCUT2D eigenvalue weighted by Crippen LogP contribution is -2.29. The van der Waals surface area contributed by atoms with Gasteiger partial charge in [-0.25, -0.2) is 0 Å². The van der Waals surface area contributed by atoms with Crippen LogP contribution in [0.3, 0.4) is 0 Å². The van der Waals surface area contributed by atoms with Crippen molar-refractivity contribution in [3.05, 3.63) is 0 Å². The monoisotopic (exact) mass is 140 g/mol.